The maximum absolute atomic E-state index is 5.46. The van der Waals surface area contributed by atoms with Crippen molar-refractivity contribution < 1.29 is 14.4 Å². The average Bonchev–Trinajstić information content (AvgIpc) is 2.75. The first-order chi connectivity index (χ1) is 13.7. The molecular weight excluding hydrogens is 372 g/mol. The fourth-order valence-corrected chi connectivity index (χ4v) is 3.60. The standard InChI is InChI=1S/C21H28N4O2S/c1-16(17-8-9-20(26-2)19-7-4-3-6-18(17)19)23-24-21(28)22-10-5-11-25-12-14-27-15-13-25/h3-4,6-9H,5,10-15H2,1-2H3,(H2,22,24,28)/p+1/b23-16-. The van der Waals surface area contributed by atoms with Crippen LogP contribution in [0.4, 0.5) is 0 Å². The molecule has 0 bridgehead atoms. The van der Waals surface area contributed by atoms with Crippen molar-refractivity contribution in [2.45, 2.75) is 13.3 Å². The van der Waals surface area contributed by atoms with Crippen LogP contribution in [0.5, 0.6) is 5.75 Å². The fraction of sp³-hybridized carbons (Fsp3) is 0.429. The van der Waals surface area contributed by atoms with Crippen molar-refractivity contribution in [1.82, 2.24) is 10.7 Å². The number of fused-ring (bicyclic) bond motifs is 1. The predicted octanol–water partition coefficient (Wildman–Crippen LogP) is 1.34. The van der Waals surface area contributed by atoms with Gasteiger partial charge in [-0.15, -0.1) is 0 Å². The Morgan fingerprint density at radius 3 is 2.68 bits per heavy atom. The zero-order valence-corrected chi connectivity index (χ0v) is 17.4. The molecule has 1 fully saturated rings. The molecule has 1 aliphatic rings. The van der Waals surface area contributed by atoms with Crippen molar-refractivity contribution in [2.75, 3.05) is 46.5 Å². The lowest BCUT2D eigenvalue weighted by molar-refractivity contribution is -0.908. The van der Waals surface area contributed by atoms with E-state index in [0.717, 1.165) is 73.6 Å². The van der Waals surface area contributed by atoms with E-state index < -0.39 is 0 Å². The van der Waals surface area contributed by atoms with Crippen LogP contribution in [0.3, 0.4) is 0 Å². The second kappa shape index (κ2) is 10.4. The third kappa shape index (κ3) is 5.41. The molecule has 7 heteroatoms. The van der Waals surface area contributed by atoms with Gasteiger partial charge in [0.05, 0.1) is 32.6 Å². The summed E-state index contributed by atoms with van der Waals surface area (Å²) < 4.78 is 10.8. The van der Waals surface area contributed by atoms with E-state index in [1.165, 1.54) is 0 Å². The van der Waals surface area contributed by atoms with E-state index in [-0.39, 0.29) is 0 Å². The summed E-state index contributed by atoms with van der Waals surface area (Å²) in [7, 11) is 1.69. The van der Waals surface area contributed by atoms with Gasteiger partial charge in [0.15, 0.2) is 5.11 Å². The van der Waals surface area contributed by atoms with Gasteiger partial charge in [0, 0.05) is 23.9 Å². The Kier molecular flexibility index (Phi) is 7.59. The molecule has 0 spiro atoms. The molecule has 2 aromatic carbocycles. The summed E-state index contributed by atoms with van der Waals surface area (Å²) in [6.07, 6.45) is 1.07. The summed E-state index contributed by atoms with van der Waals surface area (Å²) in [5, 5.41) is 10.4. The first-order valence-electron chi connectivity index (χ1n) is 9.74. The van der Waals surface area contributed by atoms with Crippen molar-refractivity contribution in [3.63, 3.8) is 0 Å². The van der Waals surface area contributed by atoms with E-state index >= 15 is 0 Å². The fourth-order valence-electron chi connectivity index (χ4n) is 3.45. The van der Waals surface area contributed by atoms with Crippen LogP contribution in [0.2, 0.25) is 0 Å². The van der Waals surface area contributed by atoms with Crippen LogP contribution < -0.4 is 20.4 Å². The second-order valence-corrected chi connectivity index (χ2v) is 7.30. The third-order valence-electron chi connectivity index (χ3n) is 5.01. The van der Waals surface area contributed by atoms with Gasteiger partial charge >= 0.3 is 0 Å². The topological polar surface area (TPSA) is 59.3 Å². The maximum atomic E-state index is 5.46. The molecule has 3 rings (SSSR count). The van der Waals surface area contributed by atoms with Crippen LogP contribution in [0.1, 0.15) is 18.9 Å². The van der Waals surface area contributed by atoms with E-state index in [2.05, 4.69) is 28.0 Å². The summed E-state index contributed by atoms with van der Waals surface area (Å²) in [6.45, 7) is 7.90. The van der Waals surface area contributed by atoms with Crippen LogP contribution in [0.25, 0.3) is 10.8 Å². The van der Waals surface area contributed by atoms with Gasteiger partial charge in [0.1, 0.15) is 18.8 Å². The smallest absolute Gasteiger partial charge is 0.186 e. The quantitative estimate of drug-likeness (QED) is 0.283. The third-order valence-corrected chi connectivity index (χ3v) is 5.25. The normalized spacial score (nSPS) is 15.4. The summed E-state index contributed by atoms with van der Waals surface area (Å²) in [5.41, 5.74) is 4.90. The molecule has 0 atom stereocenters. The monoisotopic (exact) mass is 401 g/mol. The number of quaternary nitrogens is 1. The lowest BCUT2D eigenvalue weighted by Crippen LogP contribution is -3.14. The Morgan fingerprint density at radius 2 is 1.93 bits per heavy atom. The highest BCUT2D eigenvalue weighted by atomic mass is 32.1. The first-order valence-corrected chi connectivity index (χ1v) is 10.2. The Balaban J connectivity index is 1.52. The number of ether oxygens (including phenoxy) is 2. The van der Waals surface area contributed by atoms with Crippen LogP contribution in [-0.4, -0.2) is 57.3 Å². The number of hydrazone groups is 1. The number of methoxy groups -OCH3 is 1. The van der Waals surface area contributed by atoms with Crippen LogP contribution in [0, 0.1) is 0 Å². The minimum Gasteiger partial charge on any atom is -0.496 e. The summed E-state index contributed by atoms with van der Waals surface area (Å²) >= 11 is 5.35. The van der Waals surface area contributed by atoms with E-state index in [4.69, 9.17) is 21.7 Å². The highest BCUT2D eigenvalue weighted by Gasteiger charge is 2.12. The van der Waals surface area contributed by atoms with E-state index in [1.807, 2.05) is 31.2 Å². The molecule has 0 amide bonds. The second-order valence-electron chi connectivity index (χ2n) is 6.89. The van der Waals surface area contributed by atoms with Crippen LogP contribution in [-0.2, 0) is 4.74 Å². The summed E-state index contributed by atoms with van der Waals surface area (Å²) in [4.78, 5) is 1.60. The molecule has 6 nitrogen and oxygen atoms in total. The molecule has 0 unspecified atom stereocenters. The Labute approximate surface area is 171 Å². The van der Waals surface area contributed by atoms with E-state index in [0.29, 0.717) is 5.11 Å². The number of morpholine rings is 1. The number of rotatable bonds is 7. The van der Waals surface area contributed by atoms with Gasteiger partial charge in [0.2, 0.25) is 0 Å². The Hall–Kier alpha value is -2.22. The number of benzene rings is 2. The molecule has 0 saturated carbocycles. The Bertz CT molecular complexity index is 834. The lowest BCUT2D eigenvalue weighted by Gasteiger charge is -2.23. The molecule has 150 valence electrons. The molecule has 0 radical (unpaired) electrons. The molecule has 1 heterocycles. The van der Waals surface area contributed by atoms with Gasteiger partial charge in [-0.2, -0.15) is 5.10 Å². The number of nitrogens with one attached hydrogen (secondary N) is 3. The largest absolute Gasteiger partial charge is 0.496 e. The minimum absolute atomic E-state index is 0.550. The SMILES string of the molecule is COc1ccc(/C(C)=N\NC(=S)NCCC[NH+]2CCOCC2)c2ccccc12. The molecule has 0 aromatic heterocycles. The summed E-state index contributed by atoms with van der Waals surface area (Å²) in [5.74, 6) is 0.861. The van der Waals surface area contributed by atoms with Crippen molar-refractivity contribution >= 4 is 33.8 Å². The van der Waals surface area contributed by atoms with Crippen molar-refractivity contribution in [1.29, 1.82) is 0 Å². The molecule has 1 saturated heterocycles. The van der Waals surface area contributed by atoms with Gasteiger partial charge in [-0.3, -0.25) is 5.43 Å². The highest BCUT2D eigenvalue weighted by molar-refractivity contribution is 7.80. The minimum atomic E-state index is 0.550. The molecule has 1 aliphatic heterocycles. The van der Waals surface area contributed by atoms with Crippen LogP contribution in [0.15, 0.2) is 41.5 Å². The lowest BCUT2D eigenvalue weighted by atomic mass is 10.0. The number of hydrogen-bond donors (Lipinski definition) is 3. The predicted molar refractivity (Wildman–Crippen MR) is 117 cm³/mol. The van der Waals surface area contributed by atoms with Crippen molar-refractivity contribution in [2.24, 2.45) is 5.10 Å². The number of hydrogen-bond acceptors (Lipinski definition) is 4. The molecule has 0 aliphatic carbocycles. The average molecular weight is 402 g/mol. The van der Waals surface area contributed by atoms with Gasteiger partial charge < -0.3 is 19.7 Å². The van der Waals surface area contributed by atoms with Crippen molar-refractivity contribution in [3.05, 3.63) is 42.0 Å². The molecule has 2 aromatic rings. The zero-order chi connectivity index (χ0) is 19.8. The zero-order valence-electron chi connectivity index (χ0n) is 16.6. The van der Waals surface area contributed by atoms with Gasteiger partial charge in [-0.25, -0.2) is 0 Å². The van der Waals surface area contributed by atoms with Crippen molar-refractivity contribution in [3.8, 4) is 5.75 Å². The summed E-state index contributed by atoms with van der Waals surface area (Å²) in [6, 6.07) is 12.2. The molecule has 3 N–H and O–H groups in total. The van der Waals surface area contributed by atoms with E-state index in [9.17, 15) is 0 Å². The highest BCUT2D eigenvalue weighted by Crippen LogP contribution is 2.28. The maximum Gasteiger partial charge on any atom is 0.186 e. The number of thiocarbonyl (C=S) groups is 1. The molecule has 28 heavy (non-hydrogen) atoms. The van der Waals surface area contributed by atoms with Crippen LogP contribution >= 0.6 is 12.2 Å². The molecular formula is C21H29N4O2S+. The number of nitrogens with zero attached hydrogens (tertiary/aromatic N) is 1. The van der Waals surface area contributed by atoms with Gasteiger partial charge in [-0.05, 0) is 36.7 Å². The van der Waals surface area contributed by atoms with Gasteiger partial charge in [-0.1, -0.05) is 24.3 Å². The first kappa shape index (κ1) is 20.5. The van der Waals surface area contributed by atoms with E-state index in [1.54, 1.807) is 12.0 Å². The van der Waals surface area contributed by atoms with Gasteiger partial charge in [0.25, 0.3) is 0 Å². The Morgan fingerprint density at radius 1 is 1.18 bits per heavy atom.